The van der Waals surface area contributed by atoms with Gasteiger partial charge in [0.25, 0.3) is 0 Å². The van der Waals surface area contributed by atoms with E-state index in [0.717, 1.165) is 49.5 Å². The molecule has 0 aromatic rings. The second-order valence-corrected chi connectivity index (χ2v) is 6.19. The minimum absolute atomic E-state index is 0.00116. The van der Waals surface area contributed by atoms with Crippen LogP contribution >= 0.6 is 0 Å². The highest BCUT2D eigenvalue weighted by Gasteiger charge is 2.23. The predicted octanol–water partition coefficient (Wildman–Crippen LogP) is 4.63. The van der Waals surface area contributed by atoms with Gasteiger partial charge in [0.15, 0.2) is 0 Å². The standard InChI is InChI=1S/C19H31NO2/c1-3-5-7-9-11-19-17(15-21)13-20(14-18(19)16-22)12-10-8-6-4-2/h13-16,19H,3-12H2,1-2H3. The van der Waals surface area contributed by atoms with Crippen LogP contribution in [0.2, 0.25) is 0 Å². The fourth-order valence-electron chi connectivity index (χ4n) is 2.98. The Balaban J connectivity index is 2.61. The first kappa shape index (κ1) is 18.7. The SMILES string of the molecule is CCCCCCC1C(C=O)=CN(CCCCCC)C=C1C=O. The summed E-state index contributed by atoms with van der Waals surface area (Å²) < 4.78 is 0. The van der Waals surface area contributed by atoms with Gasteiger partial charge in [-0.3, -0.25) is 9.59 Å². The molecule has 3 nitrogen and oxygen atoms in total. The molecule has 0 bridgehead atoms. The van der Waals surface area contributed by atoms with Crippen LogP contribution in [-0.2, 0) is 9.59 Å². The number of unbranched alkanes of at least 4 members (excludes halogenated alkanes) is 6. The summed E-state index contributed by atoms with van der Waals surface area (Å²) in [6.07, 6.45) is 16.1. The number of aldehydes is 2. The van der Waals surface area contributed by atoms with Crippen LogP contribution in [0.1, 0.15) is 71.6 Å². The molecule has 0 spiro atoms. The van der Waals surface area contributed by atoms with E-state index in [1.165, 1.54) is 38.5 Å². The fourth-order valence-corrected chi connectivity index (χ4v) is 2.98. The van der Waals surface area contributed by atoms with Crippen molar-refractivity contribution in [2.45, 2.75) is 71.6 Å². The number of carbonyl (C=O) groups excluding carboxylic acids is 2. The number of nitrogens with zero attached hydrogens (tertiary/aromatic N) is 1. The van der Waals surface area contributed by atoms with E-state index in [-0.39, 0.29) is 5.92 Å². The van der Waals surface area contributed by atoms with Crippen molar-refractivity contribution in [1.82, 2.24) is 4.90 Å². The second kappa shape index (κ2) is 11.2. The summed E-state index contributed by atoms with van der Waals surface area (Å²) in [7, 11) is 0. The van der Waals surface area contributed by atoms with Crippen LogP contribution in [0.5, 0.6) is 0 Å². The van der Waals surface area contributed by atoms with E-state index in [4.69, 9.17) is 0 Å². The van der Waals surface area contributed by atoms with Crippen LogP contribution in [0, 0.1) is 5.92 Å². The van der Waals surface area contributed by atoms with Gasteiger partial charge in [0.1, 0.15) is 12.6 Å². The van der Waals surface area contributed by atoms with Gasteiger partial charge in [-0.2, -0.15) is 0 Å². The number of hydrogen-bond acceptors (Lipinski definition) is 3. The highest BCUT2D eigenvalue weighted by Crippen LogP contribution is 2.29. The molecule has 3 heteroatoms. The molecular weight excluding hydrogens is 274 g/mol. The topological polar surface area (TPSA) is 37.4 Å². The maximum Gasteiger partial charge on any atom is 0.148 e. The Hall–Kier alpha value is -1.38. The predicted molar refractivity (Wildman–Crippen MR) is 91.4 cm³/mol. The molecule has 0 N–H and O–H groups in total. The zero-order valence-electron chi connectivity index (χ0n) is 14.2. The van der Waals surface area contributed by atoms with Gasteiger partial charge >= 0.3 is 0 Å². The fraction of sp³-hybridized carbons (Fsp3) is 0.684. The Morgan fingerprint density at radius 1 is 0.864 bits per heavy atom. The molecule has 1 aliphatic rings. The number of rotatable bonds is 12. The minimum Gasteiger partial charge on any atom is -0.353 e. The maximum absolute atomic E-state index is 11.4. The molecule has 1 rings (SSSR count). The lowest BCUT2D eigenvalue weighted by Crippen LogP contribution is -2.24. The Morgan fingerprint density at radius 3 is 1.91 bits per heavy atom. The van der Waals surface area contributed by atoms with E-state index in [1.807, 2.05) is 17.3 Å². The molecule has 0 aromatic heterocycles. The highest BCUT2D eigenvalue weighted by atomic mass is 16.1. The summed E-state index contributed by atoms with van der Waals surface area (Å²) in [5, 5.41) is 0. The van der Waals surface area contributed by atoms with E-state index in [2.05, 4.69) is 13.8 Å². The largest absolute Gasteiger partial charge is 0.353 e. The lowest BCUT2D eigenvalue weighted by atomic mass is 9.86. The molecule has 1 heterocycles. The molecule has 22 heavy (non-hydrogen) atoms. The van der Waals surface area contributed by atoms with Gasteiger partial charge in [-0.1, -0.05) is 58.8 Å². The molecule has 0 saturated heterocycles. The lowest BCUT2D eigenvalue weighted by molar-refractivity contribution is -0.105. The molecule has 1 aliphatic heterocycles. The summed E-state index contributed by atoms with van der Waals surface area (Å²) in [4.78, 5) is 24.8. The summed E-state index contributed by atoms with van der Waals surface area (Å²) >= 11 is 0. The zero-order chi connectivity index (χ0) is 16.2. The summed E-state index contributed by atoms with van der Waals surface area (Å²) in [6, 6.07) is 0. The first-order valence-corrected chi connectivity index (χ1v) is 8.86. The molecule has 0 radical (unpaired) electrons. The molecule has 124 valence electrons. The third-order valence-electron chi connectivity index (χ3n) is 4.32. The normalized spacial score (nSPS) is 15.5. The van der Waals surface area contributed by atoms with Crippen LogP contribution < -0.4 is 0 Å². The molecule has 0 fully saturated rings. The first-order chi connectivity index (χ1) is 10.8. The number of hydrogen-bond donors (Lipinski definition) is 0. The van der Waals surface area contributed by atoms with Gasteiger partial charge in [-0.25, -0.2) is 0 Å². The Labute approximate surface area is 135 Å². The van der Waals surface area contributed by atoms with Crippen LogP contribution in [0.25, 0.3) is 0 Å². The third kappa shape index (κ3) is 6.17. The van der Waals surface area contributed by atoms with Crippen LogP contribution in [-0.4, -0.2) is 24.0 Å². The lowest BCUT2D eigenvalue weighted by Gasteiger charge is -2.28. The van der Waals surface area contributed by atoms with E-state index >= 15 is 0 Å². The van der Waals surface area contributed by atoms with Crippen LogP contribution in [0.15, 0.2) is 23.5 Å². The molecule has 0 amide bonds. The molecule has 0 atom stereocenters. The minimum atomic E-state index is -0.00116. The van der Waals surface area contributed by atoms with Crippen molar-refractivity contribution in [3.63, 3.8) is 0 Å². The molecule has 0 saturated carbocycles. The third-order valence-corrected chi connectivity index (χ3v) is 4.32. The average molecular weight is 305 g/mol. The number of carbonyl (C=O) groups is 2. The number of allylic oxidation sites excluding steroid dienone is 2. The maximum atomic E-state index is 11.4. The smallest absolute Gasteiger partial charge is 0.148 e. The second-order valence-electron chi connectivity index (χ2n) is 6.19. The average Bonchev–Trinajstić information content (AvgIpc) is 2.55. The van der Waals surface area contributed by atoms with Gasteiger partial charge < -0.3 is 4.90 Å². The monoisotopic (exact) mass is 305 g/mol. The summed E-state index contributed by atoms with van der Waals surface area (Å²) in [5.74, 6) is -0.00116. The van der Waals surface area contributed by atoms with Crippen molar-refractivity contribution in [3.8, 4) is 0 Å². The van der Waals surface area contributed by atoms with Crippen molar-refractivity contribution in [1.29, 1.82) is 0 Å². The molecule has 0 unspecified atom stereocenters. The van der Waals surface area contributed by atoms with Gasteiger partial charge in [0.2, 0.25) is 0 Å². The molecule has 0 aliphatic carbocycles. The Bertz CT molecular complexity index is 372. The van der Waals surface area contributed by atoms with E-state index in [9.17, 15) is 9.59 Å². The van der Waals surface area contributed by atoms with E-state index < -0.39 is 0 Å². The van der Waals surface area contributed by atoms with Gasteiger partial charge in [-0.05, 0) is 12.8 Å². The van der Waals surface area contributed by atoms with Crippen molar-refractivity contribution in [3.05, 3.63) is 23.5 Å². The van der Waals surface area contributed by atoms with E-state index in [0.29, 0.717) is 0 Å². The Kier molecular flexibility index (Phi) is 9.52. The van der Waals surface area contributed by atoms with E-state index in [1.54, 1.807) is 0 Å². The molecule has 0 aromatic carbocycles. The van der Waals surface area contributed by atoms with Crippen molar-refractivity contribution < 1.29 is 9.59 Å². The molecular formula is C19H31NO2. The summed E-state index contributed by atoms with van der Waals surface area (Å²) in [6.45, 7) is 5.26. The Morgan fingerprint density at radius 2 is 1.41 bits per heavy atom. The van der Waals surface area contributed by atoms with Crippen LogP contribution in [0.3, 0.4) is 0 Å². The summed E-state index contributed by atoms with van der Waals surface area (Å²) in [5.41, 5.74) is 1.52. The van der Waals surface area contributed by atoms with Crippen LogP contribution in [0.4, 0.5) is 0 Å². The van der Waals surface area contributed by atoms with Crippen molar-refractivity contribution in [2.24, 2.45) is 5.92 Å². The van der Waals surface area contributed by atoms with Gasteiger partial charge in [-0.15, -0.1) is 0 Å². The zero-order valence-corrected chi connectivity index (χ0v) is 14.2. The quantitative estimate of drug-likeness (QED) is 0.389. The van der Waals surface area contributed by atoms with Crippen molar-refractivity contribution in [2.75, 3.05) is 6.54 Å². The van der Waals surface area contributed by atoms with Gasteiger partial charge in [0, 0.05) is 36.0 Å². The van der Waals surface area contributed by atoms with Gasteiger partial charge in [0.05, 0.1) is 0 Å². The first-order valence-electron chi connectivity index (χ1n) is 8.86. The highest BCUT2D eigenvalue weighted by molar-refractivity contribution is 5.83. The van der Waals surface area contributed by atoms with Crippen molar-refractivity contribution >= 4 is 12.6 Å².